The molecule has 0 bridgehead atoms. The first-order valence-corrected chi connectivity index (χ1v) is 5.15. The van der Waals surface area contributed by atoms with Gasteiger partial charge in [0.2, 0.25) is 0 Å². The fraction of sp³-hybridized carbons (Fsp3) is 1.00. The molecule has 1 N–H and O–H groups in total. The van der Waals surface area contributed by atoms with Gasteiger partial charge in [-0.3, -0.25) is 0 Å². The van der Waals surface area contributed by atoms with Gasteiger partial charge in [-0.1, -0.05) is 20.3 Å². The lowest BCUT2D eigenvalue weighted by atomic mass is 10.1. The predicted molar refractivity (Wildman–Crippen MR) is 51.3 cm³/mol. The molecule has 0 saturated carbocycles. The summed E-state index contributed by atoms with van der Waals surface area (Å²) >= 11 is 0. The molecule has 1 unspecified atom stereocenters. The number of nitrogens with one attached hydrogen (secondary N) is 1. The van der Waals surface area contributed by atoms with Crippen molar-refractivity contribution in [1.29, 1.82) is 0 Å². The Bertz CT molecular complexity index is 110. The van der Waals surface area contributed by atoms with Crippen molar-refractivity contribution in [1.82, 2.24) is 5.32 Å². The normalized spacial score (nSPS) is 26.0. The summed E-state index contributed by atoms with van der Waals surface area (Å²) in [6, 6.07) is 0. The van der Waals surface area contributed by atoms with Gasteiger partial charge in [-0.15, -0.1) is 0 Å². The van der Waals surface area contributed by atoms with E-state index in [1.807, 2.05) is 0 Å². The molecular weight excluding hydrogens is 150 g/mol. The molecule has 2 nitrogen and oxygen atoms in total. The van der Waals surface area contributed by atoms with Crippen molar-refractivity contribution in [2.45, 2.75) is 39.2 Å². The molecular formula is C10H21NO. The summed E-state index contributed by atoms with van der Waals surface area (Å²) in [6.07, 6.45) is 4.25. The molecule has 0 aromatic rings. The van der Waals surface area contributed by atoms with Crippen LogP contribution >= 0.6 is 0 Å². The van der Waals surface area contributed by atoms with Gasteiger partial charge in [-0.05, 0) is 25.3 Å². The first-order chi connectivity index (χ1) is 5.83. The lowest BCUT2D eigenvalue weighted by Crippen LogP contribution is -2.19. The third kappa shape index (κ3) is 3.55. The molecule has 0 aliphatic carbocycles. The molecule has 2 atom stereocenters. The predicted octanol–water partition coefficient (Wildman–Crippen LogP) is 1.80. The largest absolute Gasteiger partial charge is 0.377 e. The number of hydrogen-bond acceptors (Lipinski definition) is 2. The van der Waals surface area contributed by atoms with Crippen LogP contribution in [0.15, 0.2) is 0 Å². The first kappa shape index (κ1) is 10.0. The molecule has 1 aliphatic heterocycles. The lowest BCUT2D eigenvalue weighted by Gasteiger charge is -2.14. The molecule has 2 heteroatoms. The average Bonchev–Trinajstić information content (AvgIpc) is 2.53. The molecule has 1 saturated heterocycles. The van der Waals surface area contributed by atoms with Crippen LogP contribution in [-0.2, 0) is 4.74 Å². The molecule has 0 aromatic heterocycles. The Balaban J connectivity index is 1.99. The average molecular weight is 171 g/mol. The zero-order chi connectivity index (χ0) is 8.81. The summed E-state index contributed by atoms with van der Waals surface area (Å²) in [6.45, 7) is 7.63. The number of ether oxygens (including phenoxy) is 1. The van der Waals surface area contributed by atoms with Gasteiger partial charge in [-0.25, -0.2) is 0 Å². The van der Waals surface area contributed by atoms with E-state index in [4.69, 9.17) is 4.74 Å². The zero-order valence-corrected chi connectivity index (χ0v) is 8.31. The highest BCUT2D eigenvalue weighted by Crippen LogP contribution is 2.09. The Morgan fingerprint density at radius 1 is 1.58 bits per heavy atom. The Kier molecular flexibility index (Phi) is 4.62. The van der Waals surface area contributed by atoms with Gasteiger partial charge in [0.25, 0.3) is 0 Å². The Hall–Kier alpha value is -0.0800. The maximum Gasteiger partial charge on any atom is 0.0711 e. The first-order valence-electron chi connectivity index (χ1n) is 5.15. The van der Waals surface area contributed by atoms with Crippen LogP contribution in [-0.4, -0.2) is 25.8 Å². The van der Waals surface area contributed by atoms with Crippen LogP contribution in [0.3, 0.4) is 0 Å². The molecule has 0 spiro atoms. The van der Waals surface area contributed by atoms with Crippen molar-refractivity contribution in [3.8, 4) is 0 Å². The quantitative estimate of drug-likeness (QED) is 0.681. The maximum atomic E-state index is 5.75. The minimum atomic E-state index is 0.490. The third-order valence-electron chi connectivity index (χ3n) is 2.41. The van der Waals surface area contributed by atoms with Crippen molar-refractivity contribution in [3.63, 3.8) is 0 Å². The third-order valence-corrected chi connectivity index (χ3v) is 2.41. The fourth-order valence-corrected chi connectivity index (χ4v) is 1.65. The monoisotopic (exact) mass is 171 g/mol. The summed E-state index contributed by atoms with van der Waals surface area (Å²) in [5.41, 5.74) is 0. The van der Waals surface area contributed by atoms with Crippen LogP contribution in [0.1, 0.15) is 33.1 Å². The molecule has 1 fully saturated rings. The van der Waals surface area contributed by atoms with Crippen molar-refractivity contribution in [3.05, 3.63) is 0 Å². The molecule has 0 amide bonds. The minimum Gasteiger partial charge on any atom is -0.377 e. The van der Waals surface area contributed by atoms with E-state index in [9.17, 15) is 0 Å². The highest BCUT2D eigenvalue weighted by molar-refractivity contribution is 4.71. The summed E-state index contributed by atoms with van der Waals surface area (Å²) in [5, 5.41) is 3.30. The van der Waals surface area contributed by atoms with Gasteiger partial charge in [0.05, 0.1) is 6.10 Å². The van der Waals surface area contributed by atoms with E-state index < -0.39 is 0 Å². The van der Waals surface area contributed by atoms with Gasteiger partial charge >= 0.3 is 0 Å². The van der Waals surface area contributed by atoms with E-state index in [0.29, 0.717) is 6.10 Å². The van der Waals surface area contributed by atoms with E-state index in [0.717, 1.165) is 25.6 Å². The van der Waals surface area contributed by atoms with Gasteiger partial charge in [0.1, 0.15) is 0 Å². The zero-order valence-electron chi connectivity index (χ0n) is 8.31. The SMILES string of the molecule is CCCC(C)CO[C@@H]1CCNC1. The van der Waals surface area contributed by atoms with Crippen LogP contribution < -0.4 is 5.32 Å². The van der Waals surface area contributed by atoms with Crippen LogP contribution in [0.2, 0.25) is 0 Å². The maximum absolute atomic E-state index is 5.75. The number of rotatable bonds is 5. The smallest absolute Gasteiger partial charge is 0.0711 e. The standard InChI is InChI=1S/C10H21NO/c1-3-4-9(2)8-12-10-5-6-11-7-10/h9-11H,3-8H2,1-2H3/t9?,10-/m1/s1. The van der Waals surface area contributed by atoms with Crippen molar-refractivity contribution < 1.29 is 4.74 Å². The van der Waals surface area contributed by atoms with E-state index in [2.05, 4.69) is 19.2 Å². The van der Waals surface area contributed by atoms with Crippen molar-refractivity contribution in [2.75, 3.05) is 19.7 Å². The lowest BCUT2D eigenvalue weighted by molar-refractivity contribution is 0.0430. The highest BCUT2D eigenvalue weighted by atomic mass is 16.5. The van der Waals surface area contributed by atoms with Crippen molar-refractivity contribution in [2.24, 2.45) is 5.92 Å². The minimum absolute atomic E-state index is 0.490. The van der Waals surface area contributed by atoms with E-state index in [1.165, 1.54) is 19.3 Å². The molecule has 1 aliphatic rings. The van der Waals surface area contributed by atoms with E-state index in [-0.39, 0.29) is 0 Å². The second kappa shape index (κ2) is 5.55. The number of hydrogen-bond donors (Lipinski definition) is 1. The molecule has 1 rings (SSSR count). The summed E-state index contributed by atoms with van der Waals surface area (Å²) in [5.74, 6) is 0.732. The topological polar surface area (TPSA) is 21.3 Å². The molecule has 12 heavy (non-hydrogen) atoms. The van der Waals surface area contributed by atoms with E-state index >= 15 is 0 Å². The Morgan fingerprint density at radius 2 is 2.42 bits per heavy atom. The summed E-state index contributed by atoms with van der Waals surface area (Å²) in [7, 11) is 0. The van der Waals surface area contributed by atoms with Crippen molar-refractivity contribution >= 4 is 0 Å². The molecule has 1 heterocycles. The van der Waals surface area contributed by atoms with Gasteiger partial charge < -0.3 is 10.1 Å². The molecule has 72 valence electrons. The van der Waals surface area contributed by atoms with Crippen LogP contribution in [0.5, 0.6) is 0 Å². The van der Waals surface area contributed by atoms with E-state index in [1.54, 1.807) is 0 Å². The van der Waals surface area contributed by atoms with Crippen LogP contribution in [0.25, 0.3) is 0 Å². The molecule has 0 radical (unpaired) electrons. The van der Waals surface area contributed by atoms with Gasteiger partial charge in [0, 0.05) is 13.2 Å². The second-order valence-corrected chi connectivity index (χ2v) is 3.84. The van der Waals surface area contributed by atoms with Crippen LogP contribution in [0.4, 0.5) is 0 Å². The highest BCUT2D eigenvalue weighted by Gasteiger charge is 2.15. The summed E-state index contributed by atoms with van der Waals surface area (Å²) in [4.78, 5) is 0. The summed E-state index contributed by atoms with van der Waals surface area (Å²) < 4.78 is 5.75. The van der Waals surface area contributed by atoms with Gasteiger partial charge in [0.15, 0.2) is 0 Å². The Labute approximate surface area is 75.7 Å². The fourth-order valence-electron chi connectivity index (χ4n) is 1.65. The molecule has 0 aromatic carbocycles. The van der Waals surface area contributed by atoms with Gasteiger partial charge in [-0.2, -0.15) is 0 Å². The van der Waals surface area contributed by atoms with Crippen LogP contribution in [0, 0.1) is 5.92 Å². The Morgan fingerprint density at radius 3 is 3.00 bits per heavy atom. The second-order valence-electron chi connectivity index (χ2n) is 3.84.